The third kappa shape index (κ3) is 3.20. The van der Waals surface area contributed by atoms with Gasteiger partial charge in [-0.15, -0.1) is 11.3 Å². The topological polar surface area (TPSA) is 50.2 Å². The molecule has 1 aromatic carbocycles. The monoisotopic (exact) mass is 275 g/mol. The van der Waals surface area contributed by atoms with Crippen molar-refractivity contribution in [2.45, 2.75) is 27.2 Å². The number of hydrogen-bond acceptors (Lipinski definition) is 3. The van der Waals surface area contributed by atoms with Crippen molar-refractivity contribution in [2.24, 2.45) is 5.92 Å². The first-order valence-electron chi connectivity index (χ1n) is 6.22. The summed E-state index contributed by atoms with van der Waals surface area (Å²) in [7, 11) is 0. The Morgan fingerprint density at radius 1 is 1.37 bits per heavy atom. The predicted molar refractivity (Wildman–Crippen MR) is 77.5 cm³/mol. The lowest BCUT2D eigenvalue weighted by atomic mass is 10.0. The molecule has 2 aromatic rings. The normalized spacial score (nSPS) is 12.4. The second-order valence-corrected chi connectivity index (χ2v) is 5.81. The quantitative estimate of drug-likeness (QED) is 0.925. The van der Waals surface area contributed by atoms with E-state index in [1.54, 1.807) is 6.92 Å². The van der Waals surface area contributed by atoms with Gasteiger partial charge in [0.05, 0.1) is 16.6 Å². The number of aryl methyl sites for hydroxylation is 2. The summed E-state index contributed by atoms with van der Waals surface area (Å²) in [6, 6.07) is 6.26. The van der Waals surface area contributed by atoms with E-state index >= 15 is 0 Å². The van der Waals surface area contributed by atoms with Crippen molar-refractivity contribution in [3.05, 3.63) is 39.7 Å². The van der Waals surface area contributed by atoms with Gasteiger partial charge in [0.2, 0.25) is 0 Å². The number of carboxylic acids is 1. The number of benzene rings is 1. The van der Waals surface area contributed by atoms with Gasteiger partial charge in [0.15, 0.2) is 0 Å². The van der Waals surface area contributed by atoms with Crippen LogP contribution in [0.1, 0.15) is 23.1 Å². The zero-order valence-corrected chi connectivity index (χ0v) is 12.1. The van der Waals surface area contributed by atoms with Crippen molar-refractivity contribution in [3.63, 3.8) is 0 Å². The van der Waals surface area contributed by atoms with Crippen LogP contribution in [0, 0.1) is 19.8 Å². The number of carbonyl (C=O) groups is 1. The molecule has 19 heavy (non-hydrogen) atoms. The molecule has 100 valence electrons. The van der Waals surface area contributed by atoms with E-state index in [0.717, 1.165) is 16.3 Å². The minimum absolute atomic E-state index is 0.390. The van der Waals surface area contributed by atoms with Gasteiger partial charge in [0.1, 0.15) is 0 Å². The van der Waals surface area contributed by atoms with E-state index in [0.29, 0.717) is 6.42 Å². The van der Waals surface area contributed by atoms with E-state index in [-0.39, 0.29) is 0 Å². The van der Waals surface area contributed by atoms with E-state index in [1.165, 1.54) is 22.5 Å². The first kappa shape index (κ1) is 13.7. The zero-order chi connectivity index (χ0) is 14.0. The Kier molecular flexibility index (Phi) is 4.00. The van der Waals surface area contributed by atoms with Crippen LogP contribution in [0.25, 0.3) is 11.3 Å². The second kappa shape index (κ2) is 5.53. The van der Waals surface area contributed by atoms with E-state index in [1.807, 2.05) is 5.38 Å². The smallest absolute Gasteiger partial charge is 0.306 e. The maximum absolute atomic E-state index is 10.8. The largest absolute Gasteiger partial charge is 0.481 e. The average molecular weight is 275 g/mol. The van der Waals surface area contributed by atoms with E-state index in [2.05, 4.69) is 37.0 Å². The number of hydrogen-bond donors (Lipinski definition) is 1. The van der Waals surface area contributed by atoms with E-state index in [9.17, 15) is 4.79 Å². The standard InChI is InChI=1S/C15H17NO2S/c1-9-4-5-12(6-10(9)2)13-8-19-14(16-13)7-11(3)15(17)18/h4-6,8,11H,7H2,1-3H3,(H,17,18). The van der Waals surface area contributed by atoms with Crippen molar-refractivity contribution in [1.82, 2.24) is 4.98 Å². The molecular formula is C15H17NO2S. The molecular weight excluding hydrogens is 258 g/mol. The number of thiazole rings is 1. The zero-order valence-electron chi connectivity index (χ0n) is 11.3. The summed E-state index contributed by atoms with van der Waals surface area (Å²) in [6.45, 7) is 5.87. The highest BCUT2D eigenvalue weighted by Gasteiger charge is 2.14. The molecule has 1 N–H and O–H groups in total. The van der Waals surface area contributed by atoms with Crippen molar-refractivity contribution < 1.29 is 9.90 Å². The van der Waals surface area contributed by atoms with Gasteiger partial charge in [0.25, 0.3) is 0 Å². The molecule has 0 radical (unpaired) electrons. The Morgan fingerprint density at radius 2 is 2.11 bits per heavy atom. The lowest BCUT2D eigenvalue weighted by Crippen LogP contribution is -2.11. The first-order chi connectivity index (χ1) is 8.97. The number of rotatable bonds is 4. The lowest BCUT2D eigenvalue weighted by Gasteiger charge is -2.03. The Labute approximate surface area is 116 Å². The fourth-order valence-corrected chi connectivity index (χ4v) is 2.72. The Morgan fingerprint density at radius 3 is 2.74 bits per heavy atom. The maximum atomic E-state index is 10.8. The van der Waals surface area contributed by atoms with Gasteiger partial charge in [-0.2, -0.15) is 0 Å². The number of aliphatic carboxylic acids is 1. The Hall–Kier alpha value is -1.68. The molecule has 0 saturated carbocycles. The summed E-state index contributed by atoms with van der Waals surface area (Å²) in [5.74, 6) is -1.17. The Bertz CT molecular complexity index is 604. The average Bonchev–Trinajstić information content (AvgIpc) is 2.81. The molecule has 0 aliphatic heterocycles. The fraction of sp³-hybridized carbons (Fsp3) is 0.333. The highest BCUT2D eigenvalue weighted by atomic mass is 32.1. The molecule has 1 atom stereocenters. The molecule has 0 amide bonds. The van der Waals surface area contributed by atoms with Crippen LogP contribution >= 0.6 is 11.3 Å². The van der Waals surface area contributed by atoms with Crippen LogP contribution in [-0.2, 0) is 11.2 Å². The van der Waals surface area contributed by atoms with Crippen LogP contribution in [-0.4, -0.2) is 16.1 Å². The highest BCUT2D eigenvalue weighted by molar-refractivity contribution is 7.09. The van der Waals surface area contributed by atoms with Crippen molar-refractivity contribution in [1.29, 1.82) is 0 Å². The molecule has 1 unspecified atom stereocenters. The van der Waals surface area contributed by atoms with Gasteiger partial charge < -0.3 is 5.11 Å². The summed E-state index contributed by atoms with van der Waals surface area (Å²) in [5, 5.41) is 11.8. The van der Waals surface area contributed by atoms with Crippen LogP contribution in [0.2, 0.25) is 0 Å². The van der Waals surface area contributed by atoms with E-state index < -0.39 is 11.9 Å². The molecule has 0 aliphatic carbocycles. The molecule has 0 fully saturated rings. The molecule has 4 heteroatoms. The minimum Gasteiger partial charge on any atom is -0.481 e. The molecule has 0 aliphatic rings. The van der Waals surface area contributed by atoms with Crippen LogP contribution < -0.4 is 0 Å². The summed E-state index contributed by atoms with van der Waals surface area (Å²) in [4.78, 5) is 15.4. The van der Waals surface area contributed by atoms with Crippen LogP contribution in [0.4, 0.5) is 0 Å². The third-order valence-electron chi connectivity index (χ3n) is 3.26. The molecule has 2 rings (SSSR count). The molecule has 3 nitrogen and oxygen atoms in total. The van der Waals surface area contributed by atoms with Crippen LogP contribution in [0.3, 0.4) is 0 Å². The molecule has 1 aromatic heterocycles. The first-order valence-corrected chi connectivity index (χ1v) is 7.10. The number of carboxylic acid groups (broad SMARTS) is 1. The van der Waals surface area contributed by atoms with Crippen molar-refractivity contribution in [2.75, 3.05) is 0 Å². The highest BCUT2D eigenvalue weighted by Crippen LogP contribution is 2.25. The molecule has 0 spiro atoms. The van der Waals surface area contributed by atoms with Crippen LogP contribution in [0.5, 0.6) is 0 Å². The van der Waals surface area contributed by atoms with Crippen LogP contribution in [0.15, 0.2) is 23.6 Å². The SMILES string of the molecule is Cc1ccc(-c2csc(CC(C)C(=O)O)n2)cc1C. The minimum atomic E-state index is -0.775. The van der Waals surface area contributed by atoms with Gasteiger partial charge in [-0.1, -0.05) is 19.1 Å². The fourth-order valence-electron chi connectivity index (χ4n) is 1.79. The van der Waals surface area contributed by atoms with Gasteiger partial charge >= 0.3 is 5.97 Å². The maximum Gasteiger partial charge on any atom is 0.306 e. The summed E-state index contributed by atoms with van der Waals surface area (Å²) >= 11 is 1.53. The van der Waals surface area contributed by atoms with Gasteiger partial charge in [-0.25, -0.2) is 4.98 Å². The van der Waals surface area contributed by atoms with Gasteiger partial charge in [-0.05, 0) is 31.0 Å². The van der Waals surface area contributed by atoms with Crippen molar-refractivity contribution >= 4 is 17.3 Å². The molecule has 0 saturated heterocycles. The van der Waals surface area contributed by atoms with Gasteiger partial charge in [-0.3, -0.25) is 4.79 Å². The Balaban J connectivity index is 2.20. The molecule has 0 bridgehead atoms. The third-order valence-corrected chi connectivity index (χ3v) is 4.13. The number of aromatic nitrogens is 1. The second-order valence-electron chi connectivity index (χ2n) is 4.87. The summed E-state index contributed by atoms with van der Waals surface area (Å²) < 4.78 is 0. The summed E-state index contributed by atoms with van der Waals surface area (Å²) in [6.07, 6.45) is 0.491. The predicted octanol–water partition coefficient (Wildman–Crippen LogP) is 3.69. The van der Waals surface area contributed by atoms with Crippen molar-refractivity contribution in [3.8, 4) is 11.3 Å². The molecule has 1 heterocycles. The van der Waals surface area contributed by atoms with E-state index in [4.69, 9.17) is 5.11 Å². The summed E-state index contributed by atoms with van der Waals surface area (Å²) in [5.41, 5.74) is 4.53. The van der Waals surface area contributed by atoms with Gasteiger partial charge in [0, 0.05) is 17.4 Å². The lowest BCUT2D eigenvalue weighted by molar-refractivity contribution is -0.141. The number of nitrogens with zero attached hydrogens (tertiary/aromatic N) is 1.